The van der Waals surface area contributed by atoms with Gasteiger partial charge in [-0.2, -0.15) is 15.5 Å². The van der Waals surface area contributed by atoms with Crippen LogP contribution in [-0.4, -0.2) is 36.8 Å². The Hall–Kier alpha value is -2.95. The van der Waals surface area contributed by atoms with Crippen molar-refractivity contribution in [2.24, 2.45) is 7.05 Å². The summed E-state index contributed by atoms with van der Waals surface area (Å²) < 4.78 is 3.61. The molecule has 0 unspecified atom stereocenters. The molecule has 4 rings (SSSR count). The third-order valence-electron chi connectivity index (χ3n) is 4.88. The van der Waals surface area contributed by atoms with Crippen LogP contribution in [0.25, 0.3) is 11.3 Å². The van der Waals surface area contributed by atoms with E-state index in [1.54, 1.807) is 23.0 Å². The molecule has 7 nitrogen and oxygen atoms in total. The van der Waals surface area contributed by atoms with E-state index >= 15 is 0 Å². The highest BCUT2D eigenvalue weighted by atomic mass is 16.3. The number of nitriles is 1. The van der Waals surface area contributed by atoms with Crippen molar-refractivity contribution in [2.75, 3.05) is 0 Å². The maximum Gasteiger partial charge on any atom is 0.0991 e. The monoisotopic (exact) mass is 348 g/mol. The van der Waals surface area contributed by atoms with Crippen molar-refractivity contribution in [3.05, 3.63) is 60.0 Å². The van der Waals surface area contributed by atoms with Gasteiger partial charge in [-0.15, -0.1) is 0 Å². The largest absolute Gasteiger partial charge is 0.391 e. The van der Waals surface area contributed by atoms with Crippen molar-refractivity contribution in [1.82, 2.24) is 24.9 Å². The average molecular weight is 348 g/mol. The summed E-state index contributed by atoms with van der Waals surface area (Å²) in [6, 6.07) is 11.6. The van der Waals surface area contributed by atoms with Crippen LogP contribution in [0.1, 0.15) is 23.6 Å². The summed E-state index contributed by atoms with van der Waals surface area (Å²) >= 11 is 0. The summed E-state index contributed by atoms with van der Waals surface area (Å²) in [7, 11) is 1.90. The second-order valence-corrected chi connectivity index (χ2v) is 6.63. The minimum atomic E-state index is -0.376. The Morgan fingerprint density at radius 1 is 1.35 bits per heavy atom. The predicted octanol–water partition coefficient (Wildman–Crippen LogP) is 1.62. The second-order valence-electron chi connectivity index (χ2n) is 6.63. The number of hydrogen-bond acceptors (Lipinski definition) is 5. The molecule has 2 N–H and O–H groups in total. The Kier molecular flexibility index (Phi) is 4.29. The minimum Gasteiger partial charge on any atom is -0.391 e. The van der Waals surface area contributed by atoms with Crippen molar-refractivity contribution < 1.29 is 5.11 Å². The van der Waals surface area contributed by atoms with Crippen LogP contribution in [0.2, 0.25) is 0 Å². The van der Waals surface area contributed by atoms with Crippen LogP contribution in [0.4, 0.5) is 0 Å². The van der Waals surface area contributed by atoms with Crippen molar-refractivity contribution in [2.45, 2.75) is 31.2 Å². The van der Waals surface area contributed by atoms with Crippen LogP contribution in [-0.2, 0) is 13.6 Å². The molecule has 0 bridgehead atoms. The van der Waals surface area contributed by atoms with E-state index in [4.69, 9.17) is 5.26 Å². The van der Waals surface area contributed by atoms with E-state index in [9.17, 15) is 5.11 Å². The van der Waals surface area contributed by atoms with Crippen LogP contribution in [0, 0.1) is 11.3 Å². The number of rotatable bonds is 5. The lowest BCUT2D eigenvalue weighted by molar-refractivity contribution is -0.00820. The summed E-state index contributed by atoms with van der Waals surface area (Å²) in [4.78, 5) is 0. The highest BCUT2D eigenvalue weighted by molar-refractivity contribution is 5.63. The van der Waals surface area contributed by atoms with Crippen molar-refractivity contribution in [3.63, 3.8) is 0 Å². The molecule has 3 aromatic rings. The zero-order valence-electron chi connectivity index (χ0n) is 14.4. The zero-order valence-corrected chi connectivity index (χ0v) is 14.4. The van der Waals surface area contributed by atoms with Gasteiger partial charge >= 0.3 is 0 Å². The first-order chi connectivity index (χ1) is 12.7. The third kappa shape index (κ3) is 3.01. The summed E-state index contributed by atoms with van der Waals surface area (Å²) in [5.74, 6) is 0. The predicted molar refractivity (Wildman–Crippen MR) is 95.9 cm³/mol. The molecule has 1 aliphatic carbocycles. The molecule has 2 aromatic heterocycles. The Labute approximate surface area is 151 Å². The van der Waals surface area contributed by atoms with Crippen LogP contribution >= 0.6 is 0 Å². The summed E-state index contributed by atoms with van der Waals surface area (Å²) in [6.45, 7) is 0.651. The molecule has 0 spiro atoms. The van der Waals surface area contributed by atoms with Gasteiger partial charge in [-0.05, 0) is 24.6 Å². The Bertz CT molecular complexity index is 922. The first kappa shape index (κ1) is 16.5. The maximum atomic E-state index is 10.1. The Morgan fingerprint density at radius 2 is 2.15 bits per heavy atom. The van der Waals surface area contributed by atoms with E-state index in [0.29, 0.717) is 18.5 Å². The number of benzene rings is 1. The standard InChI is InChI=1S/C19H20N6O/c1-24-12-15(18(23-24)14-5-3-13(10-20)4-6-14)11-21-16-9-17(26)19(16)25-8-2-7-22-25/h2-8,12,16-17,19,21,26H,9,11H2,1H3/t16-,17+,19+/m0/s1. The molecule has 132 valence electrons. The Balaban J connectivity index is 1.50. The molecule has 3 atom stereocenters. The van der Waals surface area contributed by atoms with Gasteiger partial charge in [0.05, 0.1) is 29.5 Å². The molecule has 2 heterocycles. The van der Waals surface area contributed by atoms with Gasteiger partial charge in [0.25, 0.3) is 0 Å². The zero-order chi connectivity index (χ0) is 18.1. The molecule has 0 saturated heterocycles. The lowest BCUT2D eigenvalue weighted by atomic mass is 9.83. The van der Waals surface area contributed by atoms with E-state index < -0.39 is 0 Å². The molecule has 1 aliphatic rings. The van der Waals surface area contributed by atoms with Gasteiger partial charge in [-0.3, -0.25) is 9.36 Å². The minimum absolute atomic E-state index is 0.0416. The van der Waals surface area contributed by atoms with Crippen molar-refractivity contribution in [3.8, 4) is 17.3 Å². The lowest BCUT2D eigenvalue weighted by Gasteiger charge is -2.42. The molecule has 7 heteroatoms. The normalized spacial score (nSPS) is 22.0. The van der Waals surface area contributed by atoms with Crippen LogP contribution < -0.4 is 5.32 Å². The summed E-state index contributed by atoms with van der Waals surface area (Å²) in [5.41, 5.74) is 3.60. The number of aliphatic hydroxyl groups excluding tert-OH is 1. The number of aryl methyl sites for hydroxylation is 1. The molecule has 26 heavy (non-hydrogen) atoms. The molecular weight excluding hydrogens is 328 g/mol. The van der Waals surface area contributed by atoms with Gasteiger partial charge in [0.1, 0.15) is 0 Å². The topological polar surface area (TPSA) is 91.7 Å². The van der Waals surface area contributed by atoms with Crippen molar-refractivity contribution in [1.29, 1.82) is 5.26 Å². The molecular formula is C19H20N6O. The molecule has 0 aliphatic heterocycles. The lowest BCUT2D eigenvalue weighted by Crippen LogP contribution is -2.54. The SMILES string of the molecule is Cn1cc(CN[C@H]2C[C@@H](O)[C@@H]2n2cccn2)c(-c2ccc(C#N)cc2)n1. The molecule has 1 aromatic carbocycles. The summed E-state index contributed by atoms with van der Waals surface area (Å²) in [6.07, 6.45) is 5.94. The molecule has 1 fully saturated rings. The Morgan fingerprint density at radius 3 is 2.81 bits per heavy atom. The highest BCUT2D eigenvalue weighted by Gasteiger charge is 2.41. The van der Waals surface area contributed by atoms with Gasteiger partial charge in [0.15, 0.2) is 0 Å². The smallest absolute Gasteiger partial charge is 0.0991 e. The van der Waals surface area contributed by atoms with Crippen molar-refractivity contribution >= 4 is 0 Å². The maximum absolute atomic E-state index is 10.1. The fourth-order valence-electron chi connectivity index (χ4n) is 3.49. The second kappa shape index (κ2) is 6.75. The fraction of sp³-hybridized carbons (Fsp3) is 0.316. The van der Waals surface area contributed by atoms with Crippen LogP contribution in [0.3, 0.4) is 0 Å². The van der Waals surface area contributed by atoms with Gasteiger partial charge in [-0.1, -0.05) is 12.1 Å². The van der Waals surface area contributed by atoms with Gasteiger partial charge in [0.2, 0.25) is 0 Å². The average Bonchev–Trinajstić information content (AvgIpc) is 3.28. The number of aliphatic hydroxyl groups is 1. The number of nitrogens with zero attached hydrogens (tertiary/aromatic N) is 5. The van der Waals surface area contributed by atoms with Crippen LogP contribution in [0.5, 0.6) is 0 Å². The van der Waals surface area contributed by atoms with E-state index in [1.807, 2.05) is 42.3 Å². The third-order valence-corrected chi connectivity index (χ3v) is 4.88. The van der Waals surface area contributed by atoms with E-state index in [2.05, 4.69) is 21.6 Å². The number of hydrogen-bond donors (Lipinski definition) is 2. The number of nitrogens with one attached hydrogen (secondary N) is 1. The highest BCUT2D eigenvalue weighted by Crippen LogP contribution is 2.33. The quantitative estimate of drug-likeness (QED) is 0.731. The van der Waals surface area contributed by atoms with E-state index in [-0.39, 0.29) is 18.2 Å². The molecule has 1 saturated carbocycles. The molecule has 0 radical (unpaired) electrons. The first-order valence-electron chi connectivity index (χ1n) is 8.59. The van der Waals surface area contributed by atoms with Gasteiger partial charge < -0.3 is 10.4 Å². The van der Waals surface area contributed by atoms with Gasteiger partial charge in [-0.25, -0.2) is 0 Å². The molecule has 0 amide bonds. The van der Waals surface area contributed by atoms with Gasteiger partial charge in [0, 0.05) is 49.4 Å². The van der Waals surface area contributed by atoms with E-state index in [1.165, 1.54) is 0 Å². The van der Waals surface area contributed by atoms with E-state index in [0.717, 1.165) is 16.8 Å². The fourth-order valence-corrected chi connectivity index (χ4v) is 3.49. The van der Waals surface area contributed by atoms with Crippen LogP contribution in [0.15, 0.2) is 48.9 Å². The number of aromatic nitrogens is 4. The first-order valence-corrected chi connectivity index (χ1v) is 8.59. The summed E-state index contributed by atoms with van der Waals surface area (Å²) in [5, 5.41) is 31.4.